The molecule has 2 atom stereocenters. The fourth-order valence-corrected chi connectivity index (χ4v) is 7.92. The number of amides is 1. The number of benzene rings is 2. The smallest absolute Gasteiger partial charge is 0.252 e. The molecule has 0 aliphatic carbocycles. The van der Waals surface area contributed by atoms with Crippen LogP contribution in [0.5, 0.6) is 11.5 Å². The lowest BCUT2D eigenvalue weighted by Gasteiger charge is -2.24. The van der Waals surface area contributed by atoms with E-state index in [2.05, 4.69) is 4.99 Å². The van der Waals surface area contributed by atoms with E-state index in [1.165, 1.54) is 44.2 Å². The monoisotopic (exact) mass is 498 g/mol. The van der Waals surface area contributed by atoms with Gasteiger partial charge >= 0.3 is 0 Å². The van der Waals surface area contributed by atoms with E-state index in [4.69, 9.17) is 21.1 Å². The first-order valence-corrected chi connectivity index (χ1v) is 12.7. The predicted octanol–water partition coefficient (Wildman–Crippen LogP) is 3.34. The second kappa shape index (κ2) is 8.92. The molecule has 2 aliphatic heterocycles. The first-order valence-electron chi connectivity index (χ1n) is 9.64. The van der Waals surface area contributed by atoms with Gasteiger partial charge in [0, 0.05) is 10.9 Å². The van der Waals surface area contributed by atoms with Crippen molar-refractivity contribution in [1.82, 2.24) is 0 Å². The van der Waals surface area contributed by atoms with Gasteiger partial charge in [0.2, 0.25) is 0 Å². The molecule has 0 unspecified atom stereocenters. The van der Waals surface area contributed by atoms with Crippen LogP contribution < -0.4 is 14.4 Å². The SMILES string of the molecule is COc1ccc(CC(=O)N=C2S[C@@H]3CS(=O)(=O)C[C@@H]3N2c2ccc(F)c(Cl)c2)cc1OC. The Bertz CT molecular complexity index is 1200. The maximum Gasteiger partial charge on any atom is 0.252 e. The first-order chi connectivity index (χ1) is 15.2. The van der Waals surface area contributed by atoms with Gasteiger partial charge in [-0.1, -0.05) is 29.4 Å². The van der Waals surface area contributed by atoms with Crippen molar-refractivity contribution >= 4 is 50.0 Å². The molecule has 7 nitrogen and oxygen atoms in total. The maximum atomic E-state index is 13.7. The summed E-state index contributed by atoms with van der Waals surface area (Å²) in [4.78, 5) is 18.7. The number of rotatable bonds is 5. The van der Waals surface area contributed by atoms with Gasteiger partial charge in [-0.2, -0.15) is 4.99 Å². The fraction of sp³-hybridized carbons (Fsp3) is 0.333. The van der Waals surface area contributed by atoms with Crippen LogP contribution in [-0.2, 0) is 21.1 Å². The van der Waals surface area contributed by atoms with Crippen LogP contribution in [0.25, 0.3) is 0 Å². The second-order valence-electron chi connectivity index (χ2n) is 7.42. The highest BCUT2D eigenvalue weighted by molar-refractivity contribution is 8.16. The number of nitrogens with zero attached hydrogens (tertiary/aromatic N) is 2. The van der Waals surface area contributed by atoms with Crippen LogP contribution in [0.3, 0.4) is 0 Å². The van der Waals surface area contributed by atoms with E-state index in [0.29, 0.717) is 27.9 Å². The molecule has 2 heterocycles. The Labute approximate surface area is 194 Å². The van der Waals surface area contributed by atoms with E-state index in [1.54, 1.807) is 23.1 Å². The van der Waals surface area contributed by atoms with Crippen LogP contribution in [0.2, 0.25) is 5.02 Å². The molecule has 2 aromatic carbocycles. The number of halogens is 2. The summed E-state index contributed by atoms with van der Waals surface area (Å²) in [6.45, 7) is 0. The van der Waals surface area contributed by atoms with Gasteiger partial charge in [0.15, 0.2) is 26.5 Å². The number of thioether (sulfide) groups is 1. The highest BCUT2D eigenvalue weighted by Crippen LogP contribution is 2.41. The quantitative estimate of drug-likeness (QED) is 0.625. The number of hydrogen-bond acceptors (Lipinski definition) is 6. The molecule has 0 spiro atoms. The zero-order valence-electron chi connectivity index (χ0n) is 17.2. The third kappa shape index (κ3) is 4.57. The minimum Gasteiger partial charge on any atom is -0.493 e. The Morgan fingerprint density at radius 2 is 1.94 bits per heavy atom. The molecule has 32 heavy (non-hydrogen) atoms. The highest BCUT2D eigenvalue weighted by Gasteiger charge is 2.49. The zero-order valence-corrected chi connectivity index (χ0v) is 19.6. The van der Waals surface area contributed by atoms with E-state index >= 15 is 0 Å². The average molecular weight is 499 g/mol. The van der Waals surface area contributed by atoms with Crippen LogP contribution in [0.15, 0.2) is 41.4 Å². The number of fused-ring (bicyclic) bond motifs is 1. The lowest BCUT2D eigenvalue weighted by atomic mass is 10.1. The van der Waals surface area contributed by atoms with E-state index in [-0.39, 0.29) is 28.2 Å². The third-order valence-electron chi connectivity index (χ3n) is 5.27. The van der Waals surface area contributed by atoms with Crippen molar-refractivity contribution in [3.63, 3.8) is 0 Å². The number of carbonyl (C=O) groups is 1. The van der Waals surface area contributed by atoms with Gasteiger partial charge < -0.3 is 14.4 Å². The molecule has 0 bridgehead atoms. The van der Waals surface area contributed by atoms with Gasteiger partial charge in [0.25, 0.3) is 5.91 Å². The maximum absolute atomic E-state index is 13.7. The molecule has 170 valence electrons. The molecular formula is C21H20ClFN2O5S2. The van der Waals surface area contributed by atoms with Crippen molar-refractivity contribution in [2.75, 3.05) is 30.6 Å². The van der Waals surface area contributed by atoms with Crippen LogP contribution in [0.1, 0.15) is 5.56 Å². The van der Waals surface area contributed by atoms with Gasteiger partial charge in [0.1, 0.15) is 5.82 Å². The van der Waals surface area contributed by atoms with Crippen molar-refractivity contribution in [3.05, 3.63) is 52.8 Å². The normalized spacial score (nSPS) is 22.8. The molecule has 4 rings (SSSR count). The largest absolute Gasteiger partial charge is 0.493 e. The zero-order chi connectivity index (χ0) is 23.0. The van der Waals surface area contributed by atoms with Crippen LogP contribution in [0.4, 0.5) is 10.1 Å². The van der Waals surface area contributed by atoms with E-state index in [1.807, 2.05) is 0 Å². The summed E-state index contributed by atoms with van der Waals surface area (Å²) in [6.07, 6.45) is 0.0239. The second-order valence-corrected chi connectivity index (χ2v) is 11.2. The van der Waals surface area contributed by atoms with E-state index in [9.17, 15) is 17.6 Å². The summed E-state index contributed by atoms with van der Waals surface area (Å²) >= 11 is 7.19. The number of anilines is 1. The molecular weight excluding hydrogens is 479 g/mol. The number of hydrogen-bond donors (Lipinski definition) is 0. The molecule has 2 aromatic rings. The topological polar surface area (TPSA) is 85.3 Å². The number of ether oxygens (including phenoxy) is 2. The minimum absolute atomic E-state index is 0.00332. The summed E-state index contributed by atoms with van der Waals surface area (Å²) in [5.41, 5.74) is 1.19. The van der Waals surface area contributed by atoms with Gasteiger partial charge in [-0.15, -0.1) is 0 Å². The van der Waals surface area contributed by atoms with Crippen LogP contribution in [0, 0.1) is 5.82 Å². The Balaban J connectivity index is 1.63. The summed E-state index contributed by atoms with van der Waals surface area (Å²) in [6, 6.07) is 8.89. The standard InChI is InChI=1S/C21H20ClFN2O5S2/c1-29-17-6-3-12(7-18(17)30-2)8-20(26)24-21-25(13-4-5-15(23)14(22)9-13)16-10-32(27,28)11-19(16)31-21/h3-7,9,16,19H,8,10-11H2,1-2H3/t16-,19+/m0/s1. The Hall–Kier alpha value is -2.30. The number of carbonyl (C=O) groups excluding carboxylic acids is 1. The van der Waals surface area contributed by atoms with Crippen molar-refractivity contribution in [2.45, 2.75) is 17.7 Å². The molecule has 0 saturated carbocycles. The molecule has 11 heteroatoms. The van der Waals surface area contributed by atoms with E-state index < -0.39 is 27.6 Å². The first kappa shape index (κ1) is 22.9. The van der Waals surface area contributed by atoms with Crippen molar-refractivity contribution in [3.8, 4) is 11.5 Å². The van der Waals surface area contributed by atoms with Crippen LogP contribution in [-0.4, -0.2) is 56.5 Å². The molecule has 0 N–H and O–H groups in total. The average Bonchev–Trinajstić information content (AvgIpc) is 3.20. The molecule has 2 fully saturated rings. The molecule has 0 aromatic heterocycles. The van der Waals surface area contributed by atoms with Crippen molar-refractivity contribution in [1.29, 1.82) is 0 Å². The summed E-state index contributed by atoms with van der Waals surface area (Å²) in [5, 5.41) is 0.0207. The van der Waals surface area contributed by atoms with Gasteiger partial charge in [-0.25, -0.2) is 12.8 Å². The summed E-state index contributed by atoms with van der Waals surface area (Å²) in [5.74, 6) is -0.00134. The Kier molecular flexibility index (Phi) is 6.37. The predicted molar refractivity (Wildman–Crippen MR) is 123 cm³/mol. The minimum atomic E-state index is -3.21. The number of aliphatic imine (C=N–C) groups is 1. The van der Waals surface area contributed by atoms with E-state index in [0.717, 1.165) is 0 Å². The van der Waals surface area contributed by atoms with Crippen molar-refractivity contribution in [2.24, 2.45) is 4.99 Å². The number of sulfone groups is 1. The molecule has 2 saturated heterocycles. The molecule has 1 amide bonds. The fourth-order valence-electron chi connectivity index (χ4n) is 3.81. The van der Waals surface area contributed by atoms with Crippen LogP contribution >= 0.6 is 23.4 Å². The third-order valence-corrected chi connectivity index (χ3v) is 8.77. The summed E-state index contributed by atoms with van der Waals surface area (Å²) < 4.78 is 48.5. The lowest BCUT2D eigenvalue weighted by molar-refractivity contribution is -0.117. The Morgan fingerprint density at radius 3 is 2.62 bits per heavy atom. The highest BCUT2D eigenvalue weighted by atomic mass is 35.5. The van der Waals surface area contributed by atoms with Gasteiger partial charge in [0.05, 0.1) is 43.2 Å². The van der Waals surface area contributed by atoms with Crippen molar-refractivity contribution < 1.29 is 27.1 Å². The molecule has 2 aliphatic rings. The number of methoxy groups -OCH3 is 2. The van der Waals surface area contributed by atoms with Gasteiger partial charge in [-0.05, 0) is 35.9 Å². The Morgan fingerprint density at radius 1 is 1.19 bits per heavy atom. The summed E-state index contributed by atoms with van der Waals surface area (Å²) in [7, 11) is -0.176. The molecule has 0 radical (unpaired) electrons. The lowest BCUT2D eigenvalue weighted by Crippen LogP contribution is -2.37. The van der Waals surface area contributed by atoms with Gasteiger partial charge in [-0.3, -0.25) is 4.79 Å². The number of amidine groups is 1.